The highest BCUT2D eigenvalue weighted by atomic mass is 35.5. The van der Waals surface area contributed by atoms with Gasteiger partial charge in [0.05, 0.1) is 4.92 Å². The van der Waals surface area contributed by atoms with Crippen molar-refractivity contribution in [1.29, 1.82) is 0 Å². The number of benzene rings is 1. The van der Waals surface area contributed by atoms with Crippen molar-refractivity contribution in [2.24, 2.45) is 0 Å². The highest BCUT2D eigenvalue weighted by Gasteiger charge is 2.48. The number of nitrogens with zero attached hydrogens (tertiary/aromatic N) is 1. The Morgan fingerprint density at radius 3 is 2.50 bits per heavy atom. The number of hydrogen-bond donors (Lipinski definition) is 4. The van der Waals surface area contributed by atoms with Gasteiger partial charge in [-0.2, -0.15) is 0 Å². The first-order chi connectivity index (χ1) is 11.3. The van der Waals surface area contributed by atoms with Crippen LogP contribution in [0.3, 0.4) is 0 Å². The van der Waals surface area contributed by atoms with Gasteiger partial charge in [0.25, 0.3) is 0 Å². The average Bonchev–Trinajstić information content (AvgIpc) is 2.55. The summed E-state index contributed by atoms with van der Waals surface area (Å²) in [4.78, 5) is 21.4. The Bertz CT molecular complexity index is 640. The molecule has 10 nitrogen and oxygen atoms in total. The van der Waals surface area contributed by atoms with Crippen LogP contribution in [0, 0.1) is 10.1 Å². The van der Waals surface area contributed by atoms with Crippen molar-refractivity contribution in [3.8, 4) is 5.75 Å². The fourth-order valence-corrected chi connectivity index (χ4v) is 2.33. The van der Waals surface area contributed by atoms with E-state index in [-0.39, 0.29) is 11.6 Å². The van der Waals surface area contributed by atoms with Crippen LogP contribution in [0.1, 0.15) is 5.56 Å². The smallest absolute Gasteiger partial charge is 0.335 e. The van der Waals surface area contributed by atoms with Crippen molar-refractivity contribution < 1.29 is 39.6 Å². The summed E-state index contributed by atoms with van der Waals surface area (Å²) in [5.41, 5.74) is -0.0314. The van der Waals surface area contributed by atoms with Crippen molar-refractivity contribution in [3.63, 3.8) is 0 Å². The maximum absolute atomic E-state index is 11.1. The number of halogens is 1. The molecule has 0 aromatic heterocycles. The Kier molecular flexibility index (Phi) is 5.57. The zero-order chi connectivity index (χ0) is 18.0. The van der Waals surface area contributed by atoms with E-state index in [1.54, 1.807) is 0 Å². The number of aliphatic carboxylic acids is 1. The molecule has 0 aliphatic carbocycles. The van der Waals surface area contributed by atoms with Gasteiger partial charge in [-0.1, -0.05) is 6.07 Å². The number of aliphatic hydroxyl groups excluding tert-OH is 3. The Morgan fingerprint density at radius 1 is 1.29 bits per heavy atom. The van der Waals surface area contributed by atoms with E-state index in [1.807, 2.05) is 0 Å². The zero-order valence-electron chi connectivity index (χ0n) is 12.0. The second kappa shape index (κ2) is 7.28. The number of alkyl halides is 1. The summed E-state index contributed by atoms with van der Waals surface area (Å²) >= 11 is 5.61. The van der Waals surface area contributed by atoms with Crippen molar-refractivity contribution in [1.82, 2.24) is 0 Å². The summed E-state index contributed by atoms with van der Waals surface area (Å²) in [6, 6.07) is 3.79. The van der Waals surface area contributed by atoms with Gasteiger partial charge in [0, 0.05) is 11.9 Å². The third kappa shape index (κ3) is 3.57. The number of aliphatic hydroxyl groups is 3. The molecule has 1 aliphatic rings. The average molecular weight is 364 g/mol. The quantitative estimate of drug-likeness (QED) is 0.310. The first-order valence-corrected chi connectivity index (χ1v) is 7.22. The molecule has 11 heteroatoms. The lowest BCUT2D eigenvalue weighted by molar-refractivity contribution is -0.387. The predicted molar refractivity (Wildman–Crippen MR) is 77.6 cm³/mol. The molecule has 0 unspecified atom stereocenters. The molecule has 1 aromatic carbocycles. The number of carboxylic acid groups (broad SMARTS) is 1. The highest BCUT2D eigenvalue weighted by molar-refractivity contribution is 6.17. The SMILES string of the molecule is O=C(O)[C@H]1O[C@@H](Oc2ccc(CCl)cc2[N+](=O)[O-])[C@H](O)[C@@H](O)[C@@H]1O. The van der Waals surface area contributed by atoms with E-state index >= 15 is 0 Å². The second-order valence-electron chi connectivity index (χ2n) is 5.05. The van der Waals surface area contributed by atoms with E-state index in [0.717, 1.165) is 6.07 Å². The van der Waals surface area contributed by atoms with Crippen LogP contribution in [0.25, 0.3) is 0 Å². The summed E-state index contributed by atoms with van der Waals surface area (Å²) in [7, 11) is 0. The fourth-order valence-electron chi connectivity index (χ4n) is 2.16. The highest BCUT2D eigenvalue weighted by Crippen LogP contribution is 2.32. The molecule has 1 aromatic rings. The van der Waals surface area contributed by atoms with E-state index in [1.165, 1.54) is 12.1 Å². The molecule has 0 radical (unpaired) electrons. The van der Waals surface area contributed by atoms with E-state index < -0.39 is 47.3 Å². The molecule has 4 N–H and O–H groups in total. The van der Waals surface area contributed by atoms with Gasteiger partial charge in [-0.25, -0.2) is 4.79 Å². The molecule has 1 saturated heterocycles. The van der Waals surface area contributed by atoms with Crippen molar-refractivity contribution in [3.05, 3.63) is 33.9 Å². The molecular formula is C13H14ClNO9. The predicted octanol–water partition coefficient (Wildman–Crippen LogP) is -0.395. The summed E-state index contributed by atoms with van der Waals surface area (Å²) < 4.78 is 10.1. The summed E-state index contributed by atoms with van der Waals surface area (Å²) in [5, 5.41) is 49.2. The van der Waals surface area contributed by atoms with E-state index in [4.69, 9.17) is 26.2 Å². The molecule has 1 aliphatic heterocycles. The molecule has 24 heavy (non-hydrogen) atoms. The molecular weight excluding hydrogens is 350 g/mol. The van der Waals surface area contributed by atoms with E-state index in [2.05, 4.69) is 0 Å². The van der Waals surface area contributed by atoms with Crippen LogP contribution in [-0.2, 0) is 15.4 Å². The Morgan fingerprint density at radius 2 is 1.96 bits per heavy atom. The molecule has 1 fully saturated rings. The molecule has 5 atom stereocenters. The Labute approximate surface area is 140 Å². The lowest BCUT2D eigenvalue weighted by Gasteiger charge is -2.38. The van der Waals surface area contributed by atoms with Gasteiger partial charge >= 0.3 is 11.7 Å². The van der Waals surface area contributed by atoms with Gasteiger partial charge in [0.1, 0.15) is 18.3 Å². The second-order valence-corrected chi connectivity index (χ2v) is 5.31. The summed E-state index contributed by atoms with van der Waals surface area (Å²) in [6.07, 6.45) is -9.17. The largest absolute Gasteiger partial charge is 0.479 e. The molecule has 0 spiro atoms. The molecule has 132 valence electrons. The molecule has 0 amide bonds. The van der Waals surface area contributed by atoms with Crippen LogP contribution in [0.2, 0.25) is 0 Å². The first kappa shape index (κ1) is 18.4. The molecule has 2 rings (SSSR count). The maximum atomic E-state index is 11.1. The Balaban J connectivity index is 2.29. The lowest BCUT2D eigenvalue weighted by Crippen LogP contribution is -2.61. The standard InChI is InChI=1S/C13H14ClNO9/c14-4-5-1-2-7(6(3-5)15(21)22)23-13-10(18)8(16)9(17)11(24-13)12(19)20/h1-3,8-11,13,16-18H,4H2,(H,19,20)/t8-,9-,10+,11-,13+/m0/s1. The van der Waals surface area contributed by atoms with Gasteiger partial charge < -0.3 is 29.9 Å². The zero-order valence-corrected chi connectivity index (χ0v) is 12.7. The maximum Gasteiger partial charge on any atom is 0.335 e. The van der Waals surface area contributed by atoms with Gasteiger partial charge in [0.2, 0.25) is 6.29 Å². The van der Waals surface area contributed by atoms with E-state index in [9.17, 15) is 30.2 Å². The molecule has 0 bridgehead atoms. The topological polar surface area (TPSA) is 160 Å². The third-order valence-corrected chi connectivity index (χ3v) is 3.74. The van der Waals surface area contributed by atoms with Crippen LogP contribution in [-0.4, -0.2) is 62.0 Å². The van der Waals surface area contributed by atoms with Crippen molar-refractivity contribution in [2.75, 3.05) is 0 Å². The minimum absolute atomic E-state index is 0.0235. The van der Waals surface area contributed by atoms with Crippen LogP contribution in [0.4, 0.5) is 5.69 Å². The van der Waals surface area contributed by atoms with Gasteiger partial charge in [-0.05, 0) is 11.6 Å². The lowest BCUT2D eigenvalue weighted by atomic mass is 9.99. The third-order valence-electron chi connectivity index (χ3n) is 3.43. The number of nitro benzene ring substituents is 1. The van der Waals surface area contributed by atoms with Crippen LogP contribution in [0.5, 0.6) is 5.75 Å². The van der Waals surface area contributed by atoms with Gasteiger partial charge in [0.15, 0.2) is 11.9 Å². The van der Waals surface area contributed by atoms with Crippen molar-refractivity contribution >= 4 is 23.3 Å². The van der Waals surface area contributed by atoms with E-state index in [0.29, 0.717) is 5.56 Å². The minimum atomic E-state index is -1.88. The number of carbonyl (C=O) groups is 1. The normalized spacial score (nSPS) is 29.9. The number of hydrogen-bond acceptors (Lipinski definition) is 8. The minimum Gasteiger partial charge on any atom is -0.479 e. The summed E-state index contributed by atoms with van der Waals surface area (Å²) in [5.74, 6) is -1.88. The molecule has 1 heterocycles. The number of nitro groups is 1. The van der Waals surface area contributed by atoms with Crippen LogP contribution in [0.15, 0.2) is 18.2 Å². The Hall–Kier alpha value is -1.98. The van der Waals surface area contributed by atoms with Gasteiger partial charge in [-0.3, -0.25) is 10.1 Å². The van der Waals surface area contributed by atoms with Crippen LogP contribution < -0.4 is 4.74 Å². The number of carboxylic acids is 1. The molecule has 0 saturated carbocycles. The number of ether oxygens (including phenoxy) is 2. The summed E-state index contributed by atoms with van der Waals surface area (Å²) in [6.45, 7) is 0. The first-order valence-electron chi connectivity index (χ1n) is 6.68. The van der Waals surface area contributed by atoms with Crippen LogP contribution >= 0.6 is 11.6 Å². The van der Waals surface area contributed by atoms with Gasteiger partial charge in [-0.15, -0.1) is 11.6 Å². The number of rotatable bonds is 5. The monoisotopic (exact) mass is 363 g/mol. The fraction of sp³-hybridized carbons (Fsp3) is 0.462. The van der Waals surface area contributed by atoms with Crippen molar-refractivity contribution in [2.45, 2.75) is 36.6 Å².